The number of methoxy groups -OCH3 is 1. The first kappa shape index (κ1) is 35.4. The highest BCUT2D eigenvalue weighted by Crippen LogP contribution is 2.26. The molecule has 0 radical (unpaired) electrons. The lowest BCUT2D eigenvalue weighted by molar-refractivity contribution is 0.0600. The predicted octanol–water partition coefficient (Wildman–Crippen LogP) is 6.99. The molecule has 5 rings (SSSR count). The Balaban J connectivity index is 1.36. The van der Waals surface area contributed by atoms with Gasteiger partial charge in [-0.25, -0.2) is 9.78 Å². The van der Waals surface area contributed by atoms with Crippen molar-refractivity contribution in [2.24, 2.45) is 11.8 Å². The molecule has 0 unspecified atom stereocenters. The van der Waals surface area contributed by atoms with E-state index in [1.165, 1.54) is 12.7 Å². The van der Waals surface area contributed by atoms with E-state index >= 15 is 0 Å². The Labute approximate surface area is 286 Å². The fourth-order valence-electron chi connectivity index (χ4n) is 6.30. The Bertz CT molecular complexity index is 1570. The molecule has 1 fully saturated rings. The van der Waals surface area contributed by atoms with Crippen LogP contribution >= 0.6 is 0 Å². The molecule has 1 aliphatic heterocycles. The van der Waals surface area contributed by atoms with Crippen molar-refractivity contribution in [3.8, 4) is 0 Å². The second kappa shape index (κ2) is 16.9. The summed E-state index contributed by atoms with van der Waals surface area (Å²) in [7, 11) is 1.38. The normalized spacial score (nSPS) is 15.7. The number of hydrogen-bond donors (Lipinski definition) is 1. The minimum atomic E-state index is -0.367. The van der Waals surface area contributed by atoms with Crippen molar-refractivity contribution < 1.29 is 14.3 Å². The van der Waals surface area contributed by atoms with Crippen LogP contribution in [-0.4, -0.2) is 95.6 Å². The number of benzene rings is 2. The lowest BCUT2D eigenvalue weighted by Crippen LogP contribution is -2.47. The molecule has 1 aromatic heterocycles. The molecule has 2 heterocycles. The van der Waals surface area contributed by atoms with Gasteiger partial charge in [0.05, 0.1) is 23.7 Å². The number of rotatable bonds is 15. The van der Waals surface area contributed by atoms with Crippen molar-refractivity contribution in [2.75, 3.05) is 64.8 Å². The number of fused-ring (bicyclic) bond motifs is 1. The van der Waals surface area contributed by atoms with Gasteiger partial charge in [0.25, 0.3) is 5.91 Å². The summed E-state index contributed by atoms with van der Waals surface area (Å²) >= 11 is 0. The maximum atomic E-state index is 13.9. The Morgan fingerprint density at radius 2 is 1.54 bits per heavy atom. The fraction of sp³-hybridized carbons (Fsp3) is 0.513. The molecule has 1 saturated heterocycles. The van der Waals surface area contributed by atoms with E-state index in [1.807, 2.05) is 35.2 Å². The second-order valence-corrected chi connectivity index (χ2v) is 14.0. The average molecular weight is 655 g/mol. The number of nitrogens with one attached hydrogen (secondary N) is 1. The van der Waals surface area contributed by atoms with Crippen molar-refractivity contribution in [1.82, 2.24) is 24.3 Å². The molecule has 1 aliphatic carbocycles. The SMILES string of the molecule is COC(=O)c1ccc(Nc2nc3ccc(C(=O)N(CCC(C)C)CCC(C)C)cc3n2CCN2CCN(CC3=CCCC=C3)CC2)cc1. The van der Waals surface area contributed by atoms with Crippen LogP contribution < -0.4 is 5.32 Å². The molecule has 3 aromatic rings. The van der Waals surface area contributed by atoms with Gasteiger partial charge in [0.1, 0.15) is 0 Å². The summed E-state index contributed by atoms with van der Waals surface area (Å²) in [6.07, 6.45) is 11.2. The smallest absolute Gasteiger partial charge is 0.337 e. The molecular weight excluding hydrogens is 600 g/mol. The Morgan fingerprint density at radius 1 is 0.875 bits per heavy atom. The van der Waals surface area contributed by atoms with E-state index in [9.17, 15) is 9.59 Å². The van der Waals surface area contributed by atoms with Crippen LogP contribution in [-0.2, 0) is 11.3 Å². The van der Waals surface area contributed by atoms with Crippen molar-refractivity contribution in [3.63, 3.8) is 0 Å². The zero-order valence-corrected chi connectivity index (χ0v) is 29.6. The van der Waals surface area contributed by atoms with Crippen LogP contribution in [0.25, 0.3) is 11.0 Å². The quantitative estimate of drug-likeness (QED) is 0.177. The predicted molar refractivity (Wildman–Crippen MR) is 195 cm³/mol. The monoisotopic (exact) mass is 654 g/mol. The molecular formula is C39H54N6O3. The minimum absolute atomic E-state index is 0.0814. The maximum absolute atomic E-state index is 13.9. The first-order chi connectivity index (χ1) is 23.2. The van der Waals surface area contributed by atoms with E-state index in [2.05, 4.69) is 65.6 Å². The minimum Gasteiger partial charge on any atom is -0.465 e. The summed E-state index contributed by atoms with van der Waals surface area (Å²) in [5, 5.41) is 3.49. The molecule has 1 amide bonds. The van der Waals surface area contributed by atoms with E-state index in [-0.39, 0.29) is 11.9 Å². The number of hydrogen-bond acceptors (Lipinski definition) is 7. The van der Waals surface area contributed by atoms with Crippen LogP contribution in [0.4, 0.5) is 11.6 Å². The fourth-order valence-corrected chi connectivity index (χ4v) is 6.30. The number of amides is 1. The molecule has 9 heteroatoms. The number of carbonyl (C=O) groups is 2. The highest BCUT2D eigenvalue weighted by Gasteiger charge is 2.22. The third-order valence-electron chi connectivity index (χ3n) is 9.38. The molecule has 0 atom stereocenters. The lowest BCUT2D eigenvalue weighted by atomic mass is 10.1. The van der Waals surface area contributed by atoms with Gasteiger partial charge in [-0.3, -0.25) is 14.6 Å². The zero-order chi connectivity index (χ0) is 34.0. The average Bonchev–Trinajstić information content (AvgIpc) is 3.43. The van der Waals surface area contributed by atoms with E-state index in [4.69, 9.17) is 9.72 Å². The standard InChI is InChI=1S/C39H54N6O3/c1-29(2)17-19-44(20-18-30(3)4)37(46)33-13-16-35-36(27-33)45(39(41-35)40-34-14-11-32(12-15-34)38(47)48-5)26-25-42-21-23-43(24-22-42)28-31-9-7-6-8-10-31/h7,9-16,27,29-30H,6,8,17-26,28H2,1-5H3,(H,40,41). The third-order valence-corrected chi connectivity index (χ3v) is 9.38. The largest absolute Gasteiger partial charge is 0.465 e. The Kier molecular flexibility index (Phi) is 12.5. The number of piperazine rings is 1. The van der Waals surface area contributed by atoms with Crippen molar-refractivity contribution in [3.05, 3.63) is 77.4 Å². The summed E-state index contributed by atoms with van der Waals surface area (Å²) < 4.78 is 7.07. The summed E-state index contributed by atoms with van der Waals surface area (Å²) in [5.74, 6) is 1.49. The highest BCUT2D eigenvalue weighted by atomic mass is 16.5. The van der Waals surface area contributed by atoms with Crippen LogP contribution in [0.15, 0.2) is 66.3 Å². The van der Waals surface area contributed by atoms with Crippen LogP contribution in [0.1, 0.15) is 74.1 Å². The van der Waals surface area contributed by atoms with E-state index in [0.29, 0.717) is 28.9 Å². The van der Waals surface area contributed by atoms with Crippen LogP contribution in [0.2, 0.25) is 0 Å². The van der Waals surface area contributed by atoms with Gasteiger partial charge < -0.3 is 19.5 Å². The second-order valence-electron chi connectivity index (χ2n) is 14.0. The van der Waals surface area contributed by atoms with Gasteiger partial charge in [0.2, 0.25) is 5.95 Å². The number of esters is 1. The number of ether oxygens (including phenoxy) is 1. The number of nitrogens with zero attached hydrogens (tertiary/aromatic N) is 5. The van der Waals surface area contributed by atoms with E-state index in [1.54, 1.807) is 12.1 Å². The molecule has 2 aromatic carbocycles. The van der Waals surface area contributed by atoms with Crippen molar-refractivity contribution in [1.29, 1.82) is 0 Å². The third kappa shape index (κ3) is 9.57. The van der Waals surface area contributed by atoms with Gasteiger partial charge in [-0.2, -0.15) is 0 Å². The van der Waals surface area contributed by atoms with Gasteiger partial charge in [0.15, 0.2) is 0 Å². The van der Waals surface area contributed by atoms with Gasteiger partial charge in [0, 0.05) is 70.2 Å². The Hall–Kier alpha value is -3.95. The molecule has 2 aliphatic rings. The van der Waals surface area contributed by atoms with Gasteiger partial charge in [-0.1, -0.05) is 45.9 Å². The molecule has 258 valence electrons. The summed E-state index contributed by atoms with van der Waals surface area (Å²) in [6.45, 7) is 17.1. The van der Waals surface area contributed by atoms with E-state index < -0.39 is 0 Å². The van der Waals surface area contributed by atoms with E-state index in [0.717, 1.165) is 101 Å². The molecule has 9 nitrogen and oxygen atoms in total. The number of carbonyl (C=O) groups excluding carboxylic acids is 2. The summed E-state index contributed by atoms with van der Waals surface area (Å²) in [5.41, 5.74) is 5.24. The first-order valence-corrected chi connectivity index (χ1v) is 17.8. The number of anilines is 2. The van der Waals surface area contributed by atoms with Crippen LogP contribution in [0.5, 0.6) is 0 Å². The van der Waals surface area contributed by atoms with Gasteiger partial charge in [-0.15, -0.1) is 0 Å². The number of allylic oxidation sites excluding steroid dienone is 2. The van der Waals surface area contributed by atoms with Crippen molar-refractivity contribution >= 4 is 34.5 Å². The molecule has 0 spiro atoms. The molecule has 1 N–H and O–H groups in total. The van der Waals surface area contributed by atoms with Crippen LogP contribution in [0.3, 0.4) is 0 Å². The maximum Gasteiger partial charge on any atom is 0.337 e. The number of imidazole rings is 1. The van der Waals surface area contributed by atoms with Gasteiger partial charge >= 0.3 is 5.97 Å². The highest BCUT2D eigenvalue weighted by molar-refractivity contribution is 5.98. The van der Waals surface area contributed by atoms with Crippen LogP contribution in [0, 0.1) is 11.8 Å². The lowest BCUT2D eigenvalue weighted by Gasteiger charge is -2.35. The summed E-state index contributed by atoms with van der Waals surface area (Å²) in [4.78, 5) is 38.0. The molecule has 0 bridgehead atoms. The number of aromatic nitrogens is 2. The zero-order valence-electron chi connectivity index (χ0n) is 29.6. The molecule has 0 saturated carbocycles. The summed E-state index contributed by atoms with van der Waals surface area (Å²) in [6, 6.07) is 13.1. The Morgan fingerprint density at radius 3 is 2.17 bits per heavy atom. The van der Waals surface area contributed by atoms with Gasteiger partial charge in [-0.05, 0) is 85.6 Å². The molecule has 48 heavy (non-hydrogen) atoms. The van der Waals surface area contributed by atoms with Crippen molar-refractivity contribution in [2.45, 2.75) is 59.9 Å². The topological polar surface area (TPSA) is 82.9 Å². The first-order valence-electron chi connectivity index (χ1n) is 17.8.